The molecule has 10 heteroatoms. The maximum atomic E-state index is 12.3. The minimum atomic E-state index is -5.68. The second-order valence-electron chi connectivity index (χ2n) is 5.38. The summed E-state index contributed by atoms with van der Waals surface area (Å²) in [6, 6.07) is 1.31. The normalized spacial score (nSPS) is 26.0. The number of nitrogens with one attached hydrogen (secondary N) is 1. The van der Waals surface area contributed by atoms with E-state index in [-0.39, 0.29) is 6.84 Å². The molecule has 1 saturated heterocycles. The van der Waals surface area contributed by atoms with Gasteiger partial charge in [-0.05, 0) is 25.8 Å². The van der Waals surface area contributed by atoms with Crippen LogP contribution < -0.4 is 9.50 Å². The standard InChI is InChI=1S/C11H14F3N3O3S.H2/c12-11(13,14)21(18,19)20-9-6-8-10(3-4-15-7-10)2-1-5-17(8)16-9;/h6,15H,1-5,7H2;1H. The first kappa shape index (κ1) is 14.6. The van der Waals surface area contributed by atoms with E-state index >= 15 is 0 Å². The third-order valence-corrected chi connectivity index (χ3v) is 5.01. The largest absolute Gasteiger partial charge is 0.534 e. The summed E-state index contributed by atoms with van der Waals surface area (Å²) in [4.78, 5) is 0. The number of halogens is 3. The quantitative estimate of drug-likeness (QED) is 0.656. The zero-order valence-electron chi connectivity index (χ0n) is 11.0. The Hall–Kier alpha value is -1.29. The van der Waals surface area contributed by atoms with Gasteiger partial charge in [0, 0.05) is 31.7 Å². The number of hydrogen-bond acceptors (Lipinski definition) is 5. The number of fused-ring (bicyclic) bond motifs is 2. The van der Waals surface area contributed by atoms with E-state index < -0.39 is 21.5 Å². The molecule has 6 nitrogen and oxygen atoms in total. The van der Waals surface area contributed by atoms with E-state index in [9.17, 15) is 21.6 Å². The van der Waals surface area contributed by atoms with Gasteiger partial charge in [0.05, 0.1) is 0 Å². The molecule has 0 aromatic carbocycles. The molecule has 1 unspecified atom stereocenters. The van der Waals surface area contributed by atoms with E-state index in [1.165, 1.54) is 6.07 Å². The molecule has 2 aliphatic rings. The smallest absolute Gasteiger partial charge is 0.354 e. The molecule has 0 bridgehead atoms. The molecule has 120 valence electrons. The molecule has 3 heterocycles. The SMILES string of the molecule is O=S(=O)(Oc1cc2n(n1)CCCC21CCNC1)C(F)(F)F.[HH]. The molecule has 0 aliphatic carbocycles. The second-order valence-corrected chi connectivity index (χ2v) is 6.92. The summed E-state index contributed by atoms with van der Waals surface area (Å²) >= 11 is 0. The van der Waals surface area contributed by atoms with E-state index in [0.29, 0.717) is 13.1 Å². The lowest BCUT2D eigenvalue weighted by molar-refractivity contribution is -0.0501. The van der Waals surface area contributed by atoms with Crippen molar-refractivity contribution in [1.29, 1.82) is 0 Å². The zero-order chi connectivity index (χ0) is 15.3. The first-order valence-corrected chi connectivity index (χ1v) is 7.94. The van der Waals surface area contributed by atoms with Gasteiger partial charge in [0.2, 0.25) is 0 Å². The summed E-state index contributed by atoms with van der Waals surface area (Å²) in [5, 5.41) is 7.08. The predicted molar refractivity (Wildman–Crippen MR) is 68.3 cm³/mol. The summed E-state index contributed by atoms with van der Waals surface area (Å²) in [6.45, 7) is 2.08. The summed E-state index contributed by atoms with van der Waals surface area (Å²) in [5.41, 5.74) is -4.90. The van der Waals surface area contributed by atoms with E-state index in [1.54, 1.807) is 4.68 Å². The van der Waals surface area contributed by atoms with Crippen LogP contribution in [0, 0.1) is 0 Å². The maximum absolute atomic E-state index is 12.3. The highest BCUT2D eigenvalue weighted by Crippen LogP contribution is 2.40. The fourth-order valence-corrected chi connectivity index (χ4v) is 3.46. The Balaban J connectivity index is 0.00000176. The van der Waals surface area contributed by atoms with Crippen molar-refractivity contribution in [3.63, 3.8) is 0 Å². The Kier molecular flexibility index (Phi) is 3.21. The lowest BCUT2D eigenvalue weighted by Crippen LogP contribution is -2.35. The van der Waals surface area contributed by atoms with Crippen molar-refractivity contribution in [2.75, 3.05) is 13.1 Å². The van der Waals surface area contributed by atoms with Crippen LogP contribution >= 0.6 is 0 Å². The van der Waals surface area contributed by atoms with Crippen LogP contribution in [-0.4, -0.2) is 36.8 Å². The van der Waals surface area contributed by atoms with Gasteiger partial charge in [-0.15, -0.1) is 5.10 Å². The fraction of sp³-hybridized carbons (Fsp3) is 0.727. The van der Waals surface area contributed by atoms with Gasteiger partial charge in [-0.1, -0.05) is 0 Å². The highest BCUT2D eigenvalue weighted by molar-refractivity contribution is 7.87. The Morgan fingerprint density at radius 3 is 2.81 bits per heavy atom. The van der Waals surface area contributed by atoms with Crippen LogP contribution in [0.25, 0.3) is 0 Å². The monoisotopic (exact) mass is 327 g/mol. The minimum Gasteiger partial charge on any atom is -0.354 e. The molecule has 2 aliphatic heterocycles. The molecule has 0 saturated carbocycles. The average Bonchev–Trinajstić information content (AvgIpc) is 2.96. The van der Waals surface area contributed by atoms with Crippen LogP contribution in [-0.2, 0) is 22.1 Å². The third-order valence-electron chi connectivity index (χ3n) is 4.05. The van der Waals surface area contributed by atoms with Crippen LogP contribution in [0.5, 0.6) is 5.88 Å². The van der Waals surface area contributed by atoms with Gasteiger partial charge in [-0.2, -0.15) is 21.6 Å². The first-order chi connectivity index (χ1) is 9.74. The average molecular weight is 327 g/mol. The topological polar surface area (TPSA) is 73.2 Å². The lowest BCUT2D eigenvalue weighted by atomic mass is 9.77. The van der Waals surface area contributed by atoms with Crippen LogP contribution in [0.3, 0.4) is 0 Å². The first-order valence-electron chi connectivity index (χ1n) is 6.53. The van der Waals surface area contributed by atoms with Crippen LogP contribution in [0.4, 0.5) is 13.2 Å². The molecule has 3 rings (SSSR count). The van der Waals surface area contributed by atoms with Gasteiger partial charge in [0.25, 0.3) is 5.88 Å². The van der Waals surface area contributed by atoms with E-state index in [0.717, 1.165) is 31.5 Å². The lowest BCUT2D eigenvalue weighted by Gasteiger charge is -2.32. The van der Waals surface area contributed by atoms with Gasteiger partial charge in [0.1, 0.15) is 0 Å². The van der Waals surface area contributed by atoms with Crippen molar-refractivity contribution in [2.24, 2.45) is 0 Å². The summed E-state index contributed by atoms with van der Waals surface area (Å²) in [7, 11) is -5.68. The van der Waals surface area contributed by atoms with E-state index in [4.69, 9.17) is 0 Å². The summed E-state index contributed by atoms with van der Waals surface area (Å²) in [5.74, 6) is -0.518. The number of nitrogens with zero attached hydrogens (tertiary/aromatic N) is 2. The van der Waals surface area contributed by atoms with Crippen molar-refractivity contribution in [3.8, 4) is 5.88 Å². The van der Waals surface area contributed by atoms with Gasteiger partial charge >= 0.3 is 15.6 Å². The van der Waals surface area contributed by atoms with Crippen molar-refractivity contribution in [3.05, 3.63) is 11.8 Å². The van der Waals surface area contributed by atoms with Crippen LogP contribution in [0.15, 0.2) is 6.07 Å². The number of aromatic nitrogens is 2. The van der Waals surface area contributed by atoms with E-state index in [2.05, 4.69) is 14.6 Å². The van der Waals surface area contributed by atoms with Gasteiger partial charge in [-0.3, -0.25) is 4.68 Å². The molecule has 1 aromatic heterocycles. The number of aryl methyl sites for hydroxylation is 1. The minimum absolute atomic E-state index is 0. The van der Waals surface area contributed by atoms with Gasteiger partial charge in [0.15, 0.2) is 0 Å². The van der Waals surface area contributed by atoms with E-state index in [1.807, 2.05) is 0 Å². The highest BCUT2D eigenvalue weighted by Gasteiger charge is 2.49. The summed E-state index contributed by atoms with van der Waals surface area (Å²) in [6.07, 6.45) is 2.60. The molecule has 0 radical (unpaired) electrons. The molecule has 0 amide bonds. The molecule has 1 atom stereocenters. The Morgan fingerprint density at radius 1 is 1.43 bits per heavy atom. The fourth-order valence-electron chi connectivity index (χ4n) is 3.06. The van der Waals surface area contributed by atoms with Crippen molar-refractivity contribution in [2.45, 2.75) is 36.7 Å². The predicted octanol–water partition coefficient (Wildman–Crippen LogP) is 1.38. The molecule has 21 heavy (non-hydrogen) atoms. The number of hydrogen-bond donors (Lipinski definition) is 1. The number of rotatable bonds is 2. The number of alkyl halides is 3. The molecule has 1 fully saturated rings. The highest BCUT2D eigenvalue weighted by atomic mass is 32.2. The summed E-state index contributed by atoms with van der Waals surface area (Å²) < 4.78 is 64.8. The molecule has 1 N–H and O–H groups in total. The molecule has 1 aromatic rings. The van der Waals surface area contributed by atoms with Crippen molar-refractivity contribution < 1.29 is 27.2 Å². The molecular formula is C11H16F3N3O3S. The van der Waals surface area contributed by atoms with Gasteiger partial charge < -0.3 is 9.50 Å². The third kappa shape index (κ3) is 2.39. The molecular weight excluding hydrogens is 311 g/mol. The second kappa shape index (κ2) is 4.60. The van der Waals surface area contributed by atoms with Crippen molar-refractivity contribution in [1.82, 2.24) is 15.1 Å². The van der Waals surface area contributed by atoms with Crippen LogP contribution in [0.2, 0.25) is 0 Å². The maximum Gasteiger partial charge on any atom is 0.534 e. The Labute approximate surface area is 120 Å². The zero-order valence-corrected chi connectivity index (χ0v) is 11.8. The van der Waals surface area contributed by atoms with Gasteiger partial charge in [-0.25, -0.2) is 0 Å². The van der Waals surface area contributed by atoms with Crippen LogP contribution in [0.1, 0.15) is 26.4 Å². The molecule has 1 spiro atoms. The van der Waals surface area contributed by atoms with Crippen molar-refractivity contribution >= 4 is 10.1 Å². The Morgan fingerprint density at radius 2 is 2.19 bits per heavy atom. The Bertz CT molecular complexity index is 653.